The lowest BCUT2D eigenvalue weighted by atomic mass is 10.0. The highest BCUT2D eigenvalue weighted by Crippen LogP contribution is 2.26. The molecule has 4 rings (SSSR count). The second-order valence-corrected chi connectivity index (χ2v) is 6.70. The topological polar surface area (TPSA) is 85.1 Å². The number of nitro benzene ring substituents is 1. The third kappa shape index (κ3) is 3.82. The molecule has 1 aromatic heterocycles. The number of anilines is 1. The number of benzene rings is 3. The van der Waals surface area contributed by atoms with E-state index in [1.54, 1.807) is 6.07 Å². The van der Waals surface area contributed by atoms with Crippen molar-refractivity contribution in [3.05, 3.63) is 100 Å². The molecule has 0 aliphatic carbocycles. The van der Waals surface area contributed by atoms with Gasteiger partial charge in [-0.25, -0.2) is 4.98 Å². The molecule has 1 heterocycles. The van der Waals surface area contributed by atoms with Crippen molar-refractivity contribution in [1.29, 1.82) is 0 Å². The number of aryl methyl sites for hydroxylation is 1. The van der Waals surface area contributed by atoms with Crippen LogP contribution in [0.4, 0.5) is 11.4 Å². The van der Waals surface area contributed by atoms with Crippen LogP contribution in [0.2, 0.25) is 0 Å². The molecule has 0 aliphatic rings. The van der Waals surface area contributed by atoms with Gasteiger partial charge in [-0.05, 0) is 37.3 Å². The number of carbonyl (C=O) groups excluding carboxylic acids is 1. The number of carbonyl (C=O) groups is 1. The fourth-order valence-electron chi connectivity index (χ4n) is 3.18. The van der Waals surface area contributed by atoms with Crippen molar-refractivity contribution in [1.82, 2.24) is 4.98 Å². The molecule has 0 fully saturated rings. The van der Waals surface area contributed by atoms with Crippen molar-refractivity contribution < 1.29 is 9.72 Å². The number of non-ortho nitro benzene ring substituents is 1. The van der Waals surface area contributed by atoms with Gasteiger partial charge in [0, 0.05) is 28.8 Å². The van der Waals surface area contributed by atoms with Crippen LogP contribution in [0, 0.1) is 17.0 Å². The largest absolute Gasteiger partial charge is 0.322 e. The molecule has 4 aromatic rings. The lowest BCUT2D eigenvalue weighted by Crippen LogP contribution is -2.13. The fraction of sp³-hybridized carbons (Fsp3) is 0.0435. The quantitative estimate of drug-likeness (QED) is 0.379. The maximum Gasteiger partial charge on any atom is 0.269 e. The minimum atomic E-state index is -0.476. The van der Waals surface area contributed by atoms with E-state index in [0.29, 0.717) is 16.9 Å². The molecule has 0 spiro atoms. The van der Waals surface area contributed by atoms with Gasteiger partial charge in [-0.1, -0.05) is 42.0 Å². The highest BCUT2D eigenvalue weighted by atomic mass is 16.6. The smallest absolute Gasteiger partial charge is 0.269 e. The molecule has 142 valence electrons. The zero-order valence-electron chi connectivity index (χ0n) is 15.6. The number of nitro groups is 1. The maximum absolute atomic E-state index is 13.0. The zero-order valence-corrected chi connectivity index (χ0v) is 15.6. The highest BCUT2D eigenvalue weighted by molar-refractivity contribution is 6.13. The molecule has 0 unspecified atom stereocenters. The Hall–Kier alpha value is -4.06. The number of pyridine rings is 1. The summed E-state index contributed by atoms with van der Waals surface area (Å²) in [6, 6.07) is 22.9. The molecule has 6 heteroatoms. The van der Waals surface area contributed by atoms with E-state index < -0.39 is 4.92 Å². The van der Waals surface area contributed by atoms with Gasteiger partial charge in [0.1, 0.15) is 0 Å². The second-order valence-electron chi connectivity index (χ2n) is 6.70. The predicted molar refractivity (Wildman–Crippen MR) is 113 cm³/mol. The molecule has 0 radical (unpaired) electrons. The zero-order chi connectivity index (χ0) is 20.4. The summed E-state index contributed by atoms with van der Waals surface area (Å²) < 4.78 is 0. The molecule has 29 heavy (non-hydrogen) atoms. The summed E-state index contributed by atoms with van der Waals surface area (Å²) in [6.07, 6.45) is 0. The first kappa shape index (κ1) is 18.3. The van der Waals surface area contributed by atoms with Gasteiger partial charge in [0.25, 0.3) is 11.6 Å². The van der Waals surface area contributed by atoms with Gasteiger partial charge in [0.15, 0.2) is 0 Å². The van der Waals surface area contributed by atoms with Crippen LogP contribution in [-0.2, 0) is 0 Å². The summed E-state index contributed by atoms with van der Waals surface area (Å²) in [5.41, 5.74) is 4.42. The molecule has 1 N–H and O–H groups in total. The molecule has 3 aromatic carbocycles. The molecule has 1 amide bonds. The van der Waals surface area contributed by atoms with Gasteiger partial charge < -0.3 is 5.32 Å². The third-order valence-corrected chi connectivity index (χ3v) is 4.61. The molecule has 6 nitrogen and oxygen atoms in total. The average molecular weight is 383 g/mol. The predicted octanol–water partition coefficient (Wildman–Crippen LogP) is 5.37. The second kappa shape index (κ2) is 7.52. The summed E-state index contributed by atoms with van der Waals surface area (Å²) in [7, 11) is 0. The Balaban J connectivity index is 1.75. The first-order valence-corrected chi connectivity index (χ1v) is 9.04. The van der Waals surface area contributed by atoms with E-state index >= 15 is 0 Å². The molecule has 0 aliphatic heterocycles. The van der Waals surface area contributed by atoms with Crippen molar-refractivity contribution in [2.24, 2.45) is 0 Å². The van der Waals surface area contributed by atoms with Crippen LogP contribution < -0.4 is 5.32 Å². The van der Waals surface area contributed by atoms with Crippen molar-refractivity contribution in [3.8, 4) is 11.3 Å². The van der Waals surface area contributed by atoms with Crippen LogP contribution in [0.1, 0.15) is 15.9 Å². The Morgan fingerprint density at radius 3 is 2.45 bits per heavy atom. The summed E-state index contributed by atoms with van der Waals surface area (Å²) in [6.45, 7) is 2.01. The number of nitrogens with one attached hydrogen (secondary N) is 1. The Morgan fingerprint density at radius 1 is 0.966 bits per heavy atom. The van der Waals surface area contributed by atoms with Gasteiger partial charge in [-0.15, -0.1) is 0 Å². The SMILES string of the molecule is Cc1cccc(-c2cc(C(=O)Nc3ccc([N+](=O)[O-])cc3)c3ccccc3n2)c1. The van der Waals surface area contributed by atoms with Crippen molar-refractivity contribution in [2.45, 2.75) is 6.92 Å². The van der Waals surface area contributed by atoms with E-state index in [-0.39, 0.29) is 11.6 Å². The Bertz CT molecular complexity index is 1230. The normalized spacial score (nSPS) is 10.7. The van der Waals surface area contributed by atoms with E-state index in [2.05, 4.69) is 5.32 Å². The van der Waals surface area contributed by atoms with Gasteiger partial charge in [0.05, 0.1) is 21.7 Å². The number of amides is 1. The number of rotatable bonds is 4. The fourth-order valence-corrected chi connectivity index (χ4v) is 3.18. The molecular weight excluding hydrogens is 366 g/mol. The molecular formula is C23H17N3O3. The van der Waals surface area contributed by atoms with Crippen LogP contribution in [0.15, 0.2) is 78.9 Å². The van der Waals surface area contributed by atoms with Crippen LogP contribution in [0.5, 0.6) is 0 Å². The van der Waals surface area contributed by atoms with Gasteiger partial charge in [0.2, 0.25) is 0 Å². The van der Waals surface area contributed by atoms with Gasteiger partial charge in [-0.3, -0.25) is 14.9 Å². The highest BCUT2D eigenvalue weighted by Gasteiger charge is 2.15. The standard InChI is InChI=1S/C23H17N3O3/c1-15-5-4-6-16(13-15)22-14-20(19-7-2-3-8-21(19)25-22)23(27)24-17-9-11-18(12-10-17)26(28)29/h2-14H,1H3,(H,24,27). The van der Waals surface area contributed by atoms with Gasteiger partial charge >= 0.3 is 0 Å². The van der Waals surface area contributed by atoms with Crippen LogP contribution in [-0.4, -0.2) is 15.8 Å². The Morgan fingerprint density at radius 2 is 1.72 bits per heavy atom. The molecule has 0 bridgehead atoms. The molecule has 0 atom stereocenters. The van der Waals surface area contributed by atoms with Crippen molar-refractivity contribution in [2.75, 3.05) is 5.32 Å². The third-order valence-electron chi connectivity index (χ3n) is 4.61. The van der Waals surface area contributed by atoms with Crippen molar-refractivity contribution >= 4 is 28.2 Å². The van der Waals surface area contributed by atoms with Crippen LogP contribution >= 0.6 is 0 Å². The van der Waals surface area contributed by atoms with E-state index in [1.165, 1.54) is 24.3 Å². The summed E-state index contributed by atoms with van der Waals surface area (Å²) in [5.74, 6) is -0.300. The van der Waals surface area contributed by atoms with Crippen LogP contribution in [0.3, 0.4) is 0 Å². The van der Waals surface area contributed by atoms with Gasteiger partial charge in [-0.2, -0.15) is 0 Å². The summed E-state index contributed by atoms with van der Waals surface area (Å²) in [4.78, 5) is 28.1. The number of hydrogen-bond acceptors (Lipinski definition) is 4. The van der Waals surface area contributed by atoms with E-state index in [1.807, 2.05) is 55.5 Å². The first-order chi connectivity index (χ1) is 14.0. The van der Waals surface area contributed by atoms with Crippen molar-refractivity contribution in [3.63, 3.8) is 0 Å². The summed E-state index contributed by atoms with van der Waals surface area (Å²) >= 11 is 0. The minimum absolute atomic E-state index is 0.0286. The average Bonchev–Trinajstić information content (AvgIpc) is 2.73. The van der Waals surface area contributed by atoms with E-state index in [4.69, 9.17) is 4.98 Å². The molecule has 0 saturated heterocycles. The Labute approximate surface area is 167 Å². The minimum Gasteiger partial charge on any atom is -0.322 e. The number of nitrogens with zero attached hydrogens (tertiary/aromatic N) is 2. The number of para-hydroxylation sites is 1. The monoisotopic (exact) mass is 383 g/mol. The number of hydrogen-bond donors (Lipinski definition) is 1. The number of aromatic nitrogens is 1. The summed E-state index contributed by atoms with van der Waals surface area (Å²) in [5, 5.41) is 14.4. The Kier molecular flexibility index (Phi) is 4.75. The van der Waals surface area contributed by atoms with Crippen LogP contribution in [0.25, 0.3) is 22.2 Å². The van der Waals surface area contributed by atoms with E-state index in [9.17, 15) is 14.9 Å². The van der Waals surface area contributed by atoms with E-state index in [0.717, 1.165) is 22.0 Å². The lowest BCUT2D eigenvalue weighted by Gasteiger charge is -2.11. The molecule has 0 saturated carbocycles. The maximum atomic E-state index is 13.0. The first-order valence-electron chi connectivity index (χ1n) is 9.04. The lowest BCUT2D eigenvalue weighted by molar-refractivity contribution is -0.384. The number of fused-ring (bicyclic) bond motifs is 1.